The molecule has 5 heteroatoms. The fourth-order valence-corrected chi connectivity index (χ4v) is 4.78. The molecule has 28 heavy (non-hydrogen) atoms. The molecule has 2 aromatic heterocycles. The van der Waals surface area contributed by atoms with Crippen LogP contribution in [0.4, 0.5) is 0 Å². The minimum atomic E-state index is 0.0966. The summed E-state index contributed by atoms with van der Waals surface area (Å²) in [7, 11) is 1.65. The molecule has 1 saturated carbocycles. The van der Waals surface area contributed by atoms with E-state index < -0.39 is 0 Å². The van der Waals surface area contributed by atoms with E-state index >= 15 is 0 Å². The van der Waals surface area contributed by atoms with E-state index in [0.717, 1.165) is 47.3 Å². The summed E-state index contributed by atoms with van der Waals surface area (Å²) in [6.45, 7) is 2.84. The zero-order valence-electron chi connectivity index (χ0n) is 16.2. The van der Waals surface area contributed by atoms with Crippen LogP contribution in [0.2, 0.25) is 0 Å². The summed E-state index contributed by atoms with van der Waals surface area (Å²) in [6.07, 6.45) is 5.28. The Kier molecular flexibility index (Phi) is 4.04. The maximum atomic E-state index is 13.4. The van der Waals surface area contributed by atoms with Crippen molar-refractivity contribution in [3.8, 4) is 17.0 Å². The van der Waals surface area contributed by atoms with Gasteiger partial charge in [-0.15, -0.1) is 0 Å². The molecule has 2 aliphatic rings. The number of nitrogens with zero attached hydrogens (tertiary/aromatic N) is 3. The van der Waals surface area contributed by atoms with E-state index in [1.807, 2.05) is 43.3 Å². The number of benzene rings is 1. The monoisotopic (exact) mass is 373 g/mol. The number of amides is 1. The second-order valence-corrected chi connectivity index (χ2v) is 7.85. The predicted octanol–water partition coefficient (Wildman–Crippen LogP) is 4.24. The fourth-order valence-electron chi connectivity index (χ4n) is 4.78. The largest absolute Gasteiger partial charge is 0.494 e. The van der Waals surface area contributed by atoms with Crippen molar-refractivity contribution < 1.29 is 9.53 Å². The number of likely N-dealkylation sites (tertiary alicyclic amines) is 1. The van der Waals surface area contributed by atoms with Crippen LogP contribution in [0, 0.1) is 12.8 Å². The molecule has 1 aliphatic heterocycles. The minimum absolute atomic E-state index is 0.0966. The summed E-state index contributed by atoms with van der Waals surface area (Å²) < 4.78 is 5.51. The average molecular weight is 373 g/mol. The van der Waals surface area contributed by atoms with E-state index in [2.05, 4.69) is 14.9 Å². The third-order valence-corrected chi connectivity index (χ3v) is 6.14. The minimum Gasteiger partial charge on any atom is -0.494 e. The lowest BCUT2D eigenvalue weighted by atomic mass is 9.99. The Balaban J connectivity index is 1.64. The zero-order chi connectivity index (χ0) is 19.3. The van der Waals surface area contributed by atoms with Gasteiger partial charge in [-0.1, -0.05) is 6.07 Å². The lowest BCUT2D eigenvalue weighted by molar-refractivity contribution is 0.0704. The summed E-state index contributed by atoms with van der Waals surface area (Å²) in [5, 5.41) is 0.945. The Bertz CT molecular complexity index is 1080. The molecule has 0 radical (unpaired) electrons. The normalized spacial score (nSPS) is 20.7. The fraction of sp³-hybridized carbons (Fsp3) is 0.348. The van der Waals surface area contributed by atoms with E-state index in [1.165, 1.54) is 6.42 Å². The van der Waals surface area contributed by atoms with Crippen LogP contribution >= 0.6 is 0 Å². The highest BCUT2D eigenvalue weighted by molar-refractivity contribution is 6.05. The van der Waals surface area contributed by atoms with Gasteiger partial charge in [0.15, 0.2) is 0 Å². The van der Waals surface area contributed by atoms with Crippen molar-refractivity contribution in [2.45, 2.75) is 32.2 Å². The molecule has 0 spiro atoms. The number of pyridine rings is 2. The molecule has 2 fully saturated rings. The number of carbonyl (C=O) groups is 1. The average Bonchev–Trinajstić information content (AvgIpc) is 3.36. The highest BCUT2D eigenvalue weighted by Gasteiger charge is 2.41. The summed E-state index contributed by atoms with van der Waals surface area (Å²) in [4.78, 5) is 24.7. The van der Waals surface area contributed by atoms with Crippen LogP contribution in [0.15, 0.2) is 42.6 Å². The van der Waals surface area contributed by atoms with E-state index in [-0.39, 0.29) is 5.91 Å². The summed E-state index contributed by atoms with van der Waals surface area (Å²) in [6, 6.07) is 12.0. The molecule has 3 aromatic rings. The third kappa shape index (κ3) is 2.65. The maximum Gasteiger partial charge on any atom is 0.256 e. The molecule has 1 saturated heterocycles. The molecular formula is C23H23N3O2. The number of carbonyl (C=O) groups excluding carboxylic acids is 1. The second kappa shape index (κ2) is 6.59. The van der Waals surface area contributed by atoms with Crippen LogP contribution in [0.5, 0.6) is 5.75 Å². The Morgan fingerprint density at radius 3 is 2.82 bits per heavy atom. The lowest BCUT2D eigenvalue weighted by Crippen LogP contribution is -2.37. The van der Waals surface area contributed by atoms with Gasteiger partial charge in [0.1, 0.15) is 11.3 Å². The van der Waals surface area contributed by atoms with Gasteiger partial charge in [-0.25, -0.2) is 4.98 Å². The topological polar surface area (TPSA) is 55.3 Å². The van der Waals surface area contributed by atoms with E-state index in [0.29, 0.717) is 23.2 Å². The number of aryl methyl sites for hydroxylation is 1. The summed E-state index contributed by atoms with van der Waals surface area (Å²) in [5.41, 5.74) is 4.02. The number of fused-ring (bicyclic) bond motifs is 3. The number of ether oxygens (including phenoxy) is 1. The molecule has 1 amide bonds. The smallest absolute Gasteiger partial charge is 0.256 e. The first-order valence-electron chi connectivity index (χ1n) is 9.86. The first-order valence-corrected chi connectivity index (χ1v) is 9.86. The quantitative estimate of drug-likeness (QED) is 0.689. The van der Waals surface area contributed by atoms with Crippen LogP contribution < -0.4 is 4.74 Å². The first-order chi connectivity index (χ1) is 13.7. The molecule has 2 atom stereocenters. The van der Waals surface area contributed by atoms with Crippen molar-refractivity contribution in [2.75, 3.05) is 13.7 Å². The first kappa shape index (κ1) is 17.2. The van der Waals surface area contributed by atoms with Crippen molar-refractivity contribution in [3.05, 3.63) is 53.9 Å². The second-order valence-electron chi connectivity index (χ2n) is 7.85. The van der Waals surface area contributed by atoms with Crippen LogP contribution in [-0.4, -0.2) is 40.5 Å². The van der Waals surface area contributed by atoms with Gasteiger partial charge in [0.05, 0.1) is 18.4 Å². The van der Waals surface area contributed by atoms with Crippen LogP contribution in [0.25, 0.3) is 22.2 Å². The van der Waals surface area contributed by atoms with Gasteiger partial charge in [-0.2, -0.15) is 0 Å². The molecule has 2 bridgehead atoms. The van der Waals surface area contributed by atoms with Crippen molar-refractivity contribution in [2.24, 2.45) is 5.92 Å². The zero-order valence-corrected chi connectivity index (χ0v) is 16.2. The molecule has 142 valence electrons. The van der Waals surface area contributed by atoms with Gasteiger partial charge in [0, 0.05) is 35.4 Å². The molecule has 1 aliphatic carbocycles. The lowest BCUT2D eigenvalue weighted by Gasteiger charge is -2.27. The molecule has 5 nitrogen and oxygen atoms in total. The Labute approximate surface area is 164 Å². The van der Waals surface area contributed by atoms with E-state index in [9.17, 15) is 4.79 Å². The highest BCUT2D eigenvalue weighted by atomic mass is 16.5. The van der Waals surface area contributed by atoms with Crippen molar-refractivity contribution in [1.29, 1.82) is 0 Å². The van der Waals surface area contributed by atoms with Gasteiger partial charge in [-0.05, 0) is 62.4 Å². The van der Waals surface area contributed by atoms with Crippen LogP contribution in [-0.2, 0) is 0 Å². The molecule has 1 aromatic carbocycles. The number of rotatable bonds is 3. The van der Waals surface area contributed by atoms with E-state index in [1.54, 1.807) is 13.3 Å². The van der Waals surface area contributed by atoms with Gasteiger partial charge >= 0.3 is 0 Å². The third-order valence-electron chi connectivity index (χ3n) is 6.14. The number of hydrogen-bond acceptors (Lipinski definition) is 4. The molecule has 0 N–H and O–H groups in total. The van der Waals surface area contributed by atoms with Gasteiger partial charge < -0.3 is 9.64 Å². The van der Waals surface area contributed by atoms with Crippen molar-refractivity contribution >= 4 is 16.8 Å². The summed E-state index contributed by atoms with van der Waals surface area (Å²) >= 11 is 0. The van der Waals surface area contributed by atoms with Crippen molar-refractivity contribution in [3.63, 3.8) is 0 Å². The highest BCUT2D eigenvalue weighted by Crippen LogP contribution is 2.40. The summed E-state index contributed by atoms with van der Waals surface area (Å²) in [5.74, 6) is 1.49. The Morgan fingerprint density at radius 2 is 2.07 bits per heavy atom. The predicted molar refractivity (Wildman–Crippen MR) is 108 cm³/mol. The number of piperidine rings is 1. The van der Waals surface area contributed by atoms with Crippen molar-refractivity contribution in [1.82, 2.24) is 14.9 Å². The molecular weight excluding hydrogens is 350 g/mol. The van der Waals surface area contributed by atoms with Crippen LogP contribution in [0.3, 0.4) is 0 Å². The Morgan fingerprint density at radius 1 is 1.18 bits per heavy atom. The number of aromatic nitrogens is 2. The van der Waals surface area contributed by atoms with Gasteiger partial charge in [-0.3, -0.25) is 9.78 Å². The SMILES string of the molecule is COc1ccc(-c2ncccc2C(=O)N2C[C@H]3CC[C@@H]2C3)c2ccc(C)nc12. The maximum absolute atomic E-state index is 13.4. The molecule has 5 rings (SSSR count). The van der Waals surface area contributed by atoms with Gasteiger partial charge in [0.2, 0.25) is 0 Å². The number of methoxy groups -OCH3 is 1. The standard InChI is InChI=1S/C23H23N3O2/c1-14-5-8-18-17(9-10-20(28-2)22(18)25-14)21-19(4-3-11-24-21)23(27)26-13-15-6-7-16(26)12-15/h3-5,8-11,15-16H,6-7,12-13H2,1-2H3/t15-,16+/m0/s1. The van der Waals surface area contributed by atoms with E-state index in [4.69, 9.17) is 4.74 Å². The number of hydrogen-bond donors (Lipinski definition) is 0. The van der Waals surface area contributed by atoms with Gasteiger partial charge in [0.25, 0.3) is 5.91 Å². The Hall–Kier alpha value is -2.95. The molecule has 3 heterocycles. The van der Waals surface area contributed by atoms with Crippen LogP contribution in [0.1, 0.15) is 35.3 Å². The molecule has 0 unspecified atom stereocenters.